The number of hydrogen-bond acceptors (Lipinski definition) is 2. The fraction of sp³-hybridized carbons (Fsp3) is 0.750. The van der Waals surface area contributed by atoms with Crippen LogP contribution in [0.15, 0.2) is 0 Å². The third-order valence-electron chi connectivity index (χ3n) is 2.01. The summed E-state index contributed by atoms with van der Waals surface area (Å²) in [5, 5.41) is 0. The number of carbonyl (C=O) groups is 2. The van der Waals surface area contributed by atoms with Crippen LogP contribution in [-0.4, -0.2) is 30.2 Å². The molecule has 1 amide bonds. The number of likely N-dealkylation sites (tertiary alicyclic amines) is 1. The molecule has 0 aromatic heterocycles. The molecule has 1 saturated heterocycles. The van der Waals surface area contributed by atoms with Gasteiger partial charge in [0.05, 0.1) is 5.92 Å². The molecule has 1 unspecified atom stereocenters. The predicted molar refractivity (Wildman–Crippen MR) is 41.0 cm³/mol. The molecule has 0 N–H and O–H groups in total. The summed E-state index contributed by atoms with van der Waals surface area (Å²) in [6.45, 7) is 3.31. The predicted octanol–water partition coefficient (Wildman–Crippen LogP) is 0.444. The number of hydrogen-bond donors (Lipinski definition) is 0. The molecular weight excluding hydrogens is 142 g/mol. The highest BCUT2D eigenvalue weighted by atomic mass is 16.2. The van der Waals surface area contributed by atoms with E-state index in [-0.39, 0.29) is 5.91 Å². The van der Waals surface area contributed by atoms with E-state index in [4.69, 9.17) is 0 Å². The van der Waals surface area contributed by atoms with Gasteiger partial charge in [-0.05, 0) is 19.8 Å². The van der Waals surface area contributed by atoms with Crippen molar-refractivity contribution in [3.63, 3.8) is 0 Å². The Morgan fingerprint density at radius 2 is 2.00 bits per heavy atom. The minimum absolute atomic E-state index is 0.0162. The van der Waals surface area contributed by atoms with E-state index in [2.05, 4.69) is 0 Å². The van der Waals surface area contributed by atoms with Crippen molar-refractivity contribution in [2.24, 2.45) is 5.92 Å². The van der Waals surface area contributed by atoms with Crippen LogP contribution in [-0.2, 0) is 9.59 Å². The monoisotopic (exact) mass is 155 g/mol. The minimum Gasteiger partial charge on any atom is -0.342 e. The van der Waals surface area contributed by atoms with E-state index in [0.717, 1.165) is 25.9 Å². The van der Waals surface area contributed by atoms with Gasteiger partial charge in [0.25, 0.3) is 0 Å². The molecule has 1 aliphatic rings. The van der Waals surface area contributed by atoms with Crippen LogP contribution in [0.2, 0.25) is 0 Å². The zero-order chi connectivity index (χ0) is 8.27. The summed E-state index contributed by atoms with van der Waals surface area (Å²) in [6, 6.07) is 0. The maximum Gasteiger partial charge on any atom is 0.232 e. The topological polar surface area (TPSA) is 37.4 Å². The van der Waals surface area contributed by atoms with E-state index >= 15 is 0 Å². The summed E-state index contributed by atoms with van der Waals surface area (Å²) < 4.78 is 0. The van der Waals surface area contributed by atoms with E-state index < -0.39 is 5.92 Å². The molecule has 11 heavy (non-hydrogen) atoms. The average molecular weight is 155 g/mol. The van der Waals surface area contributed by atoms with Gasteiger partial charge in [0.1, 0.15) is 6.29 Å². The highest BCUT2D eigenvalue weighted by molar-refractivity contribution is 5.91. The lowest BCUT2D eigenvalue weighted by Crippen LogP contribution is -2.33. The molecule has 3 heteroatoms. The largest absolute Gasteiger partial charge is 0.342 e. The molecule has 0 saturated carbocycles. The molecule has 62 valence electrons. The van der Waals surface area contributed by atoms with Crippen LogP contribution in [0.1, 0.15) is 19.8 Å². The molecule has 1 rings (SSSR count). The Morgan fingerprint density at radius 1 is 1.45 bits per heavy atom. The van der Waals surface area contributed by atoms with Gasteiger partial charge >= 0.3 is 0 Å². The molecule has 1 fully saturated rings. The molecule has 1 aliphatic heterocycles. The lowest BCUT2D eigenvalue weighted by Gasteiger charge is -2.16. The first-order valence-corrected chi connectivity index (χ1v) is 4.00. The quantitative estimate of drug-likeness (QED) is 0.428. The van der Waals surface area contributed by atoms with Gasteiger partial charge in [-0.2, -0.15) is 0 Å². The third-order valence-corrected chi connectivity index (χ3v) is 2.01. The molecule has 0 radical (unpaired) electrons. The van der Waals surface area contributed by atoms with Gasteiger partial charge in [-0.1, -0.05) is 0 Å². The highest BCUT2D eigenvalue weighted by Gasteiger charge is 2.22. The number of rotatable bonds is 2. The molecule has 1 atom stereocenters. The van der Waals surface area contributed by atoms with Gasteiger partial charge in [-0.25, -0.2) is 0 Å². The maximum absolute atomic E-state index is 11.3. The first kappa shape index (κ1) is 8.24. The van der Waals surface area contributed by atoms with Crippen LogP contribution < -0.4 is 0 Å². The Balaban J connectivity index is 2.45. The number of nitrogens with zero attached hydrogens (tertiary/aromatic N) is 1. The fourth-order valence-electron chi connectivity index (χ4n) is 1.28. The van der Waals surface area contributed by atoms with Gasteiger partial charge < -0.3 is 9.69 Å². The van der Waals surface area contributed by atoms with Crippen LogP contribution in [0.5, 0.6) is 0 Å². The van der Waals surface area contributed by atoms with E-state index in [1.165, 1.54) is 0 Å². The van der Waals surface area contributed by atoms with Crippen LogP contribution in [0, 0.1) is 5.92 Å². The first-order chi connectivity index (χ1) is 5.25. The average Bonchev–Trinajstić information content (AvgIpc) is 2.53. The van der Waals surface area contributed by atoms with Gasteiger partial charge in [0.15, 0.2) is 0 Å². The molecule has 1 heterocycles. The molecule has 0 spiro atoms. The normalized spacial score (nSPS) is 19.9. The summed E-state index contributed by atoms with van der Waals surface area (Å²) in [7, 11) is 0. The summed E-state index contributed by atoms with van der Waals surface area (Å²) in [5.41, 5.74) is 0. The van der Waals surface area contributed by atoms with Crippen molar-refractivity contribution in [2.75, 3.05) is 13.1 Å². The van der Waals surface area contributed by atoms with Crippen LogP contribution in [0.3, 0.4) is 0 Å². The van der Waals surface area contributed by atoms with Crippen LogP contribution in [0.25, 0.3) is 0 Å². The van der Waals surface area contributed by atoms with Gasteiger partial charge in [0.2, 0.25) is 5.91 Å². The van der Waals surface area contributed by atoms with Gasteiger partial charge in [-0.3, -0.25) is 4.79 Å². The fourth-order valence-corrected chi connectivity index (χ4v) is 1.28. The van der Waals surface area contributed by atoms with Crippen molar-refractivity contribution in [3.05, 3.63) is 0 Å². The van der Waals surface area contributed by atoms with Crippen molar-refractivity contribution in [1.29, 1.82) is 0 Å². The second kappa shape index (κ2) is 3.51. The van der Waals surface area contributed by atoms with Crippen molar-refractivity contribution >= 4 is 12.2 Å². The van der Waals surface area contributed by atoms with Gasteiger partial charge in [0, 0.05) is 13.1 Å². The highest BCUT2D eigenvalue weighted by Crippen LogP contribution is 2.10. The maximum atomic E-state index is 11.3. The smallest absolute Gasteiger partial charge is 0.232 e. The molecule has 0 bridgehead atoms. The van der Waals surface area contributed by atoms with E-state index in [9.17, 15) is 9.59 Å². The van der Waals surface area contributed by atoms with Crippen molar-refractivity contribution in [1.82, 2.24) is 4.90 Å². The van der Waals surface area contributed by atoms with Crippen LogP contribution >= 0.6 is 0 Å². The van der Waals surface area contributed by atoms with Crippen molar-refractivity contribution < 1.29 is 9.59 Å². The second-order valence-corrected chi connectivity index (χ2v) is 2.96. The lowest BCUT2D eigenvalue weighted by molar-refractivity contribution is -0.136. The Hall–Kier alpha value is -0.860. The Kier molecular flexibility index (Phi) is 2.63. The number of amides is 1. The third kappa shape index (κ3) is 1.79. The Labute approximate surface area is 66.4 Å². The minimum atomic E-state index is -0.451. The summed E-state index contributed by atoms with van der Waals surface area (Å²) in [5.74, 6) is -0.467. The summed E-state index contributed by atoms with van der Waals surface area (Å²) in [4.78, 5) is 23.3. The van der Waals surface area contributed by atoms with E-state index in [1.54, 1.807) is 11.8 Å². The standard InChI is InChI=1S/C8H13NO2/c1-7(6-10)8(11)9-4-2-3-5-9/h6-7H,2-5H2,1H3. The van der Waals surface area contributed by atoms with Crippen molar-refractivity contribution in [3.8, 4) is 0 Å². The summed E-state index contributed by atoms with van der Waals surface area (Å²) in [6.07, 6.45) is 2.87. The summed E-state index contributed by atoms with van der Waals surface area (Å²) >= 11 is 0. The van der Waals surface area contributed by atoms with E-state index in [1.807, 2.05) is 0 Å². The molecule has 3 nitrogen and oxygen atoms in total. The van der Waals surface area contributed by atoms with E-state index in [0.29, 0.717) is 6.29 Å². The van der Waals surface area contributed by atoms with Crippen molar-refractivity contribution in [2.45, 2.75) is 19.8 Å². The first-order valence-electron chi connectivity index (χ1n) is 4.00. The van der Waals surface area contributed by atoms with Gasteiger partial charge in [-0.15, -0.1) is 0 Å². The molecule has 0 aromatic rings. The number of carbonyl (C=O) groups excluding carboxylic acids is 2. The zero-order valence-electron chi connectivity index (χ0n) is 6.75. The second-order valence-electron chi connectivity index (χ2n) is 2.96. The molecular formula is C8H13NO2. The Bertz CT molecular complexity index is 161. The number of aldehydes is 1. The molecule has 0 aliphatic carbocycles. The molecule has 0 aromatic carbocycles. The Morgan fingerprint density at radius 3 is 2.45 bits per heavy atom. The lowest BCUT2D eigenvalue weighted by atomic mass is 10.2. The van der Waals surface area contributed by atoms with Crippen LogP contribution in [0.4, 0.5) is 0 Å². The zero-order valence-corrected chi connectivity index (χ0v) is 6.75. The SMILES string of the molecule is CC(C=O)C(=O)N1CCCC1.